The van der Waals surface area contributed by atoms with Crippen LogP contribution in [0.3, 0.4) is 0 Å². The molecule has 1 N–H and O–H groups in total. The number of aromatic nitrogens is 5. The van der Waals surface area contributed by atoms with Gasteiger partial charge in [-0.15, -0.1) is 10.2 Å². The molecule has 8 nitrogen and oxygen atoms in total. The molecule has 1 aromatic carbocycles. The number of pyridine rings is 1. The maximum Gasteiger partial charge on any atom is 0.248 e. The molecule has 1 fully saturated rings. The Morgan fingerprint density at radius 1 is 1.15 bits per heavy atom. The lowest BCUT2D eigenvalue weighted by Gasteiger charge is -2.05. The summed E-state index contributed by atoms with van der Waals surface area (Å²) < 4.78 is 7.15. The lowest BCUT2D eigenvalue weighted by atomic mass is 10.0. The molecule has 0 spiro atoms. The molecule has 4 aromatic rings. The molecule has 1 saturated carbocycles. The van der Waals surface area contributed by atoms with E-state index < -0.39 is 0 Å². The summed E-state index contributed by atoms with van der Waals surface area (Å²) in [6.45, 7) is 0.967. The van der Waals surface area contributed by atoms with Gasteiger partial charge in [-0.3, -0.25) is 14.5 Å². The number of hydrogen-bond acceptors (Lipinski definition) is 6. The van der Waals surface area contributed by atoms with Crippen LogP contribution in [-0.4, -0.2) is 30.9 Å². The first-order valence-electron chi connectivity index (χ1n) is 11.0. The van der Waals surface area contributed by atoms with E-state index in [1.807, 2.05) is 41.2 Å². The zero-order valence-electron chi connectivity index (χ0n) is 18.1. The first-order chi connectivity index (χ1) is 16.2. The predicted molar refractivity (Wildman–Crippen MR) is 124 cm³/mol. The monoisotopic (exact) mass is 440 g/mol. The van der Waals surface area contributed by atoms with E-state index in [2.05, 4.69) is 31.8 Å². The number of hydrogen-bond donors (Lipinski definition) is 1. The average molecular weight is 441 g/mol. The van der Waals surface area contributed by atoms with Gasteiger partial charge in [0, 0.05) is 54.4 Å². The molecule has 0 aliphatic heterocycles. The van der Waals surface area contributed by atoms with Gasteiger partial charge in [0.15, 0.2) is 0 Å². The van der Waals surface area contributed by atoms with E-state index in [4.69, 9.17) is 4.42 Å². The Balaban J connectivity index is 1.20. The topological polar surface area (TPSA) is 98.7 Å². The van der Waals surface area contributed by atoms with E-state index in [1.165, 1.54) is 25.3 Å². The molecule has 0 bridgehead atoms. The Labute approximate surface area is 191 Å². The molecule has 8 heteroatoms. The predicted octanol–water partition coefficient (Wildman–Crippen LogP) is 4.18. The van der Waals surface area contributed by atoms with Gasteiger partial charge in [-0.05, 0) is 60.6 Å². The van der Waals surface area contributed by atoms with Crippen LogP contribution >= 0.6 is 0 Å². The van der Waals surface area contributed by atoms with Crippen molar-refractivity contribution in [1.29, 1.82) is 0 Å². The summed E-state index contributed by atoms with van der Waals surface area (Å²) in [4.78, 5) is 16.7. The van der Waals surface area contributed by atoms with Crippen LogP contribution in [0.25, 0.3) is 17.2 Å². The molecule has 5 rings (SSSR count). The summed E-state index contributed by atoms with van der Waals surface area (Å²) in [5.41, 5.74) is 4.76. The Hall–Kier alpha value is -4.07. The highest BCUT2D eigenvalue weighted by atomic mass is 16.4. The Kier molecular flexibility index (Phi) is 6.06. The van der Waals surface area contributed by atoms with E-state index in [1.54, 1.807) is 18.5 Å². The number of benzene rings is 1. The number of carbonyl (C=O) groups excluding carboxylic acids is 1. The van der Waals surface area contributed by atoms with Crippen LogP contribution in [0.4, 0.5) is 5.69 Å². The highest BCUT2D eigenvalue weighted by molar-refractivity contribution is 6.02. The third-order valence-electron chi connectivity index (χ3n) is 5.61. The van der Waals surface area contributed by atoms with Crippen LogP contribution in [0.2, 0.25) is 0 Å². The molecule has 1 aliphatic carbocycles. The summed E-state index contributed by atoms with van der Waals surface area (Å²) >= 11 is 0. The highest BCUT2D eigenvalue weighted by Crippen LogP contribution is 2.31. The summed E-state index contributed by atoms with van der Waals surface area (Å²) in [5.74, 6) is 1.17. The van der Waals surface area contributed by atoms with Crippen molar-refractivity contribution in [1.82, 2.24) is 25.0 Å². The van der Waals surface area contributed by atoms with Crippen molar-refractivity contribution in [3.63, 3.8) is 0 Å². The number of carbonyl (C=O) groups is 1. The van der Waals surface area contributed by atoms with Crippen molar-refractivity contribution in [2.24, 2.45) is 5.92 Å². The fraction of sp³-hybridized carbons (Fsp3) is 0.240. The van der Waals surface area contributed by atoms with E-state index in [0.717, 1.165) is 46.8 Å². The van der Waals surface area contributed by atoms with Gasteiger partial charge in [0.25, 0.3) is 0 Å². The maximum absolute atomic E-state index is 12.5. The molecule has 3 aromatic heterocycles. The SMILES string of the molecule is O=C(C=Cc1cnccc1-c1cnn(CC2CC2)c1)Nc1ccc(CCc2nnco2)cc1. The summed E-state index contributed by atoms with van der Waals surface area (Å²) in [6.07, 6.45) is 16.1. The number of aryl methyl sites for hydroxylation is 2. The zero-order valence-corrected chi connectivity index (χ0v) is 18.1. The van der Waals surface area contributed by atoms with E-state index >= 15 is 0 Å². The normalized spacial score (nSPS) is 13.5. The summed E-state index contributed by atoms with van der Waals surface area (Å²) in [7, 11) is 0. The standard InChI is InChI=1S/C25H24N6O2/c32-24(29-22-7-3-18(4-8-22)5-10-25-30-27-17-33-25)9-6-20-13-26-12-11-23(20)21-14-28-31(16-21)15-19-1-2-19/h3-4,6-9,11-14,16-17,19H,1-2,5,10,15H2,(H,29,32). The van der Waals surface area contributed by atoms with Crippen LogP contribution in [0.15, 0.2) is 72.0 Å². The van der Waals surface area contributed by atoms with Gasteiger partial charge in [0.05, 0.1) is 6.20 Å². The van der Waals surface area contributed by atoms with Crippen LogP contribution in [0.1, 0.15) is 29.9 Å². The number of amides is 1. The molecule has 166 valence electrons. The van der Waals surface area contributed by atoms with Crippen molar-refractivity contribution in [2.75, 3.05) is 5.32 Å². The molecular formula is C25H24N6O2. The highest BCUT2D eigenvalue weighted by Gasteiger charge is 2.22. The second kappa shape index (κ2) is 9.60. The van der Waals surface area contributed by atoms with E-state index in [-0.39, 0.29) is 5.91 Å². The third-order valence-corrected chi connectivity index (χ3v) is 5.61. The minimum absolute atomic E-state index is 0.201. The minimum Gasteiger partial charge on any atom is -0.428 e. The van der Waals surface area contributed by atoms with Gasteiger partial charge < -0.3 is 9.73 Å². The first kappa shape index (κ1) is 20.8. The number of rotatable bonds is 9. The molecule has 1 amide bonds. The van der Waals surface area contributed by atoms with Crippen molar-refractivity contribution < 1.29 is 9.21 Å². The molecule has 0 saturated heterocycles. The van der Waals surface area contributed by atoms with Gasteiger partial charge >= 0.3 is 0 Å². The smallest absolute Gasteiger partial charge is 0.248 e. The van der Waals surface area contributed by atoms with Gasteiger partial charge in [-0.1, -0.05) is 12.1 Å². The van der Waals surface area contributed by atoms with Crippen LogP contribution in [0.5, 0.6) is 0 Å². The van der Waals surface area contributed by atoms with Gasteiger partial charge in [0.2, 0.25) is 18.2 Å². The molecule has 0 unspecified atom stereocenters. The third kappa shape index (κ3) is 5.60. The van der Waals surface area contributed by atoms with Gasteiger partial charge in [0.1, 0.15) is 0 Å². The minimum atomic E-state index is -0.201. The van der Waals surface area contributed by atoms with Crippen molar-refractivity contribution in [2.45, 2.75) is 32.2 Å². The Morgan fingerprint density at radius 2 is 2.03 bits per heavy atom. The number of anilines is 1. The fourth-order valence-electron chi connectivity index (χ4n) is 3.63. The van der Waals surface area contributed by atoms with E-state index in [0.29, 0.717) is 12.3 Å². The van der Waals surface area contributed by atoms with Crippen LogP contribution < -0.4 is 5.32 Å². The van der Waals surface area contributed by atoms with E-state index in [9.17, 15) is 4.79 Å². The first-order valence-corrected chi connectivity index (χ1v) is 11.0. The van der Waals surface area contributed by atoms with Gasteiger partial charge in [-0.2, -0.15) is 5.10 Å². The van der Waals surface area contributed by atoms with Crippen molar-refractivity contribution >= 4 is 17.7 Å². The zero-order chi connectivity index (χ0) is 22.5. The Morgan fingerprint density at radius 3 is 2.82 bits per heavy atom. The van der Waals surface area contributed by atoms with Crippen molar-refractivity contribution in [3.8, 4) is 11.1 Å². The quantitative estimate of drug-likeness (QED) is 0.392. The average Bonchev–Trinajstić information content (AvgIpc) is 3.29. The van der Waals surface area contributed by atoms with Crippen molar-refractivity contribution in [3.05, 3.63) is 84.6 Å². The molecule has 0 atom stereocenters. The molecule has 0 radical (unpaired) electrons. The molecular weight excluding hydrogens is 416 g/mol. The molecule has 3 heterocycles. The molecule has 33 heavy (non-hydrogen) atoms. The van der Waals surface area contributed by atoms with Crippen LogP contribution in [-0.2, 0) is 24.2 Å². The number of nitrogens with zero attached hydrogens (tertiary/aromatic N) is 5. The maximum atomic E-state index is 12.5. The number of nitrogens with one attached hydrogen (secondary N) is 1. The van der Waals surface area contributed by atoms with Gasteiger partial charge in [-0.25, -0.2) is 0 Å². The lowest BCUT2D eigenvalue weighted by Crippen LogP contribution is -2.07. The molecule has 1 aliphatic rings. The fourth-order valence-corrected chi connectivity index (χ4v) is 3.63. The van der Waals surface area contributed by atoms with Crippen LogP contribution in [0, 0.1) is 5.92 Å². The second-order valence-electron chi connectivity index (χ2n) is 8.21. The summed E-state index contributed by atoms with van der Waals surface area (Å²) in [6, 6.07) is 9.68. The summed E-state index contributed by atoms with van der Waals surface area (Å²) in [5, 5.41) is 14.9. The largest absolute Gasteiger partial charge is 0.428 e. The lowest BCUT2D eigenvalue weighted by molar-refractivity contribution is -0.111. The Bertz CT molecular complexity index is 1240. The second-order valence-corrected chi connectivity index (χ2v) is 8.21.